The lowest BCUT2D eigenvalue weighted by atomic mass is 10.1. The minimum atomic E-state index is -0.749. The Bertz CT molecular complexity index is 1240. The summed E-state index contributed by atoms with van der Waals surface area (Å²) in [7, 11) is 3.71. The van der Waals surface area contributed by atoms with Crippen molar-refractivity contribution in [2.75, 3.05) is 39.5 Å². The first kappa shape index (κ1) is 25.3. The fourth-order valence-corrected chi connectivity index (χ4v) is 4.73. The Labute approximate surface area is 215 Å². The number of nitrogen functional groups attached to an aromatic ring is 1. The van der Waals surface area contributed by atoms with Crippen LogP contribution >= 0.6 is 0 Å². The van der Waals surface area contributed by atoms with Gasteiger partial charge in [-0.15, -0.1) is 0 Å². The average molecular weight is 512 g/mol. The van der Waals surface area contributed by atoms with E-state index in [1.165, 1.54) is 6.33 Å². The molecule has 2 aliphatic heterocycles. The molecule has 12 heteroatoms. The third kappa shape index (κ3) is 5.37. The Morgan fingerprint density at radius 2 is 1.86 bits per heavy atom. The maximum absolute atomic E-state index is 12.4. The van der Waals surface area contributed by atoms with Gasteiger partial charge in [0, 0.05) is 26.7 Å². The van der Waals surface area contributed by atoms with Crippen LogP contribution in [-0.2, 0) is 25.6 Å². The third-order valence-electron chi connectivity index (χ3n) is 6.61. The maximum Gasteiger partial charge on any atom is 0.409 e. The van der Waals surface area contributed by atoms with Crippen LogP contribution in [0.25, 0.3) is 11.2 Å². The summed E-state index contributed by atoms with van der Waals surface area (Å²) < 4.78 is 26.2. The zero-order valence-electron chi connectivity index (χ0n) is 21.5. The second-order valence-electron chi connectivity index (χ2n) is 9.94. The van der Waals surface area contributed by atoms with E-state index in [9.17, 15) is 4.79 Å². The number of carbonyl (C=O) groups is 1. The van der Waals surface area contributed by atoms with Crippen LogP contribution in [0.5, 0.6) is 0 Å². The molecule has 2 aromatic heterocycles. The van der Waals surface area contributed by atoms with E-state index in [1.54, 1.807) is 18.3 Å². The van der Waals surface area contributed by atoms with Crippen molar-refractivity contribution in [3.05, 3.63) is 48.5 Å². The second-order valence-corrected chi connectivity index (χ2v) is 9.94. The van der Waals surface area contributed by atoms with Crippen LogP contribution in [0.2, 0.25) is 0 Å². The van der Waals surface area contributed by atoms with Gasteiger partial charge < -0.3 is 34.5 Å². The number of imidazole rings is 1. The summed E-state index contributed by atoms with van der Waals surface area (Å²) in [6.45, 7) is 5.73. The molecule has 3 aromatic rings. The van der Waals surface area contributed by atoms with E-state index < -0.39 is 12.0 Å². The highest BCUT2D eigenvalue weighted by molar-refractivity contribution is 5.81. The molecule has 2 saturated heterocycles. The zero-order valence-corrected chi connectivity index (χ0v) is 21.5. The Kier molecular flexibility index (Phi) is 6.99. The summed E-state index contributed by atoms with van der Waals surface area (Å²) in [6, 6.07) is 9.61. The van der Waals surface area contributed by atoms with Crippen LogP contribution in [0.3, 0.4) is 0 Å². The monoisotopic (exact) mass is 511 g/mol. The number of benzene rings is 1. The van der Waals surface area contributed by atoms with Gasteiger partial charge in [0.05, 0.1) is 6.33 Å². The number of aromatic nitrogens is 4. The Morgan fingerprint density at radius 3 is 2.65 bits per heavy atom. The van der Waals surface area contributed by atoms with Gasteiger partial charge in [-0.1, -0.05) is 30.3 Å². The first-order chi connectivity index (χ1) is 17.7. The smallest absolute Gasteiger partial charge is 0.409 e. The van der Waals surface area contributed by atoms with Gasteiger partial charge in [-0.2, -0.15) is 0 Å². The molecule has 2 aliphatic rings. The van der Waals surface area contributed by atoms with E-state index in [1.807, 2.05) is 55.8 Å². The molecule has 37 heavy (non-hydrogen) atoms. The quantitative estimate of drug-likeness (QED) is 0.479. The van der Waals surface area contributed by atoms with Gasteiger partial charge in [-0.3, -0.25) is 4.57 Å². The molecule has 5 rings (SSSR count). The molecule has 0 saturated carbocycles. The van der Waals surface area contributed by atoms with E-state index >= 15 is 0 Å². The van der Waals surface area contributed by atoms with Crippen molar-refractivity contribution in [2.45, 2.75) is 50.8 Å². The molecule has 1 aromatic carbocycles. The standard InChI is InChI=1S/C25H33N7O5/c1-25(2)36-19-17(12-30(3)10-11-31(4)24(33)34-13-16-8-6-5-7-9-16)35-23(20(19)37-25)32-15-29-18-21(26)27-14-28-22(18)32/h5-9,14-15,17,19-20,23H,10-13H2,1-4H3,(H2,26,27,28)/t17-,19-,20-,23?/m1/s1. The fourth-order valence-electron chi connectivity index (χ4n) is 4.73. The number of hydrogen-bond acceptors (Lipinski definition) is 10. The molecule has 198 valence electrons. The number of ether oxygens (including phenoxy) is 4. The minimum Gasteiger partial charge on any atom is -0.445 e. The van der Waals surface area contributed by atoms with Crippen molar-refractivity contribution < 1.29 is 23.7 Å². The highest BCUT2D eigenvalue weighted by Crippen LogP contribution is 2.44. The number of fused-ring (bicyclic) bond motifs is 2. The fraction of sp³-hybridized carbons (Fsp3) is 0.520. The molecule has 12 nitrogen and oxygen atoms in total. The Hall–Kier alpha value is -3.32. The predicted octanol–water partition coefficient (Wildman–Crippen LogP) is 2.03. The molecule has 0 spiro atoms. The van der Waals surface area contributed by atoms with Gasteiger partial charge in [-0.25, -0.2) is 19.7 Å². The third-order valence-corrected chi connectivity index (χ3v) is 6.61. The molecular weight excluding hydrogens is 478 g/mol. The topological polar surface area (TPSA) is 130 Å². The van der Waals surface area contributed by atoms with Gasteiger partial charge in [-0.05, 0) is 26.5 Å². The van der Waals surface area contributed by atoms with Crippen LogP contribution in [0.4, 0.5) is 10.6 Å². The van der Waals surface area contributed by atoms with Crippen LogP contribution in [0, 0.1) is 0 Å². The molecule has 4 atom stereocenters. The van der Waals surface area contributed by atoms with Crippen molar-refractivity contribution in [1.82, 2.24) is 29.3 Å². The van der Waals surface area contributed by atoms with Crippen LogP contribution in [0.1, 0.15) is 25.6 Å². The number of nitrogens with two attached hydrogens (primary N) is 1. The first-order valence-corrected chi connectivity index (χ1v) is 12.3. The minimum absolute atomic E-state index is 0.243. The molecule has 1 amide bonds. The largest absolute Gasteiger partial charge is 0.445 e. The highest BCUT2D eigenvalue weighted by Gasteiger charge is 2.56. The van der Waals surface area contributed by atoms with Gasteiger partial charge in [0.1, 0.15) is 36.8 Å². The maximum atomic E-state index is 12.4. The van der Waals surface area contributed by atoms with Gasteiger partial charge in [0.2, 0.25) is 0 Å². The number of nitrogens with zero attached hydrogens (tertiary/aromatic N) is 6. The molecule has 0 bridgehead atoms. The summed E-state index contributed by atoms with van der Waals surface area (Å²) in [4.78, 5) is 28.8. The summed E-state index contributed by atoms with van der Waals surface area (Å²) >= 11 is 0. The van der Waals surface area contributed by atoms with Gasteiger partial charge in [0.15, 0.2) is 23.5 Å². The summed E-state index contributed by atoms with van der Waals surface area (Å²) in [5.41, 5.74) is 8.02. The zero-order chi connectivity index (χ0) is 26.2. The highest BCUT2D eigenvalue weighted by atomic mass is 16.8. The Morgan fingerprint density at radius 1 is 1.11 bits per heavy atom. The molecule has 2 fully saturated rings. The summed E-state index contributed by atoms with van der Waals surface area (Å²) in [6.07, 6.45) is 1.30. The lowest BCUT2D eigenvalue weighted by Crippen LogP contribution is -2.41. The van der Waals surface area contributed by atoms with Gasteiger partial charge >= 0.3 is 6.09 Å². The van der Waals surface area contributed by atoms with Crippen LogP contribution < -0.4 is 5.73 Å². The number of carbonyl (C=O) groups excluding carboxylic acids is 1. The van der Waals surface area contributed by atoms with Crippen molar-refractivity contribution >= 4 is 23.1 Å². The molecular formula is C25H33N7O5. The van der Waals surface area contributed by atoms with E-state index in [0.29, 0.717) is 36.6 Å². The number of anilines is 1. The van der Waals surface area contributed by atoms with Crippen molar-refractivity contribution in [2.24, 2.45) is 0 Å². The number of rotatable bonds is 8. The van der Waals surface area contributed by atoms with Crippen LogP contribution in [-0.4, -0.2) is 93.2 Å². The van der Waals surface area contributed by atoms with Crippen LogP contribution in [0.15, 0.2) is 43.0 Å². The predicted molar refractivity (Wildman–Crippen MR) is 134 cm³/mol. The van der Waals surface area contributed by atoms with E-state index in [-0.39, 0.29) is 31.0 Å². The van der Waals surface area contributed by atoms with Gasteiger partial charge in [0.25, 0.3) is 0 Å². The number of hydrogen-bond donors (Lipinski definition) is 1. The van der Waals surface area contributed by atoms with Crippen molar-refractivity contribution in [1.29, 1.82) is 0 Å². The first-order valence-electron chi connectivity index (χ1n) is 12.3. The van der Waals surface area contributed by atoms with E-state index in [2.05, 4.69) is 19.9 Å². The normalized spacial score (nSPS) is 24.5. The van der Waals surface area contributed by atoms with Crippen molar-refractivity contribution in [3.8, 4) is 0 Å². The second kappa shape index (κ2) is 10.2. The lowest BCUT2D eigenvalue weighted by molar-refractivity contribution is -0.197. The van der Waals surface area contributed by atoms with E-state index in [4.69, 9.17) is 24.7 Å². The molecule has 2 N–H and O–H groups in total. The molecule has 1 unspecified atom stereocenters. The summed E-state index contributed by atoms with van der Waals surface area (Å²) in [5.74, 6) is -0.439. The van der Waals surface area contributed by atoms with E-state index in [0.717, 1.165) is 5.56 Å². The Balaban J connectivity index is 1.20. The summed E-state index contributed by atoms with van der Waals surface area (Å²) in [5, 5.41) is 0. The molecule has 0 aliphatic carbocycles. The molecule has 4 heterocycles. The SMILES string of the molecule is CN(CCN(C)C(=O)OCc1ccccc1)C[C@H]1OC(n2cnc3c(N)ncnc32)[C@@H]2OC(C)(C)O[C@H]12. The lowest BCUT2D eigenvalue weighted by Gasteiger charge is -2.28. The average Bonchev–Trinajstić information content (AvgIpc) is 3.53. The number of amides is 1. The van der Waals surface area contributed by atoms with Crippen molar-refractivity contribution in [3.63, 3.8) is 0 Å². The molecule has 0 radical (unpaired) electrons. The number of likely N-dealkylation sites (N-methyl/N-ethyl adjacent to an activating group) is 2.